The molecule has 36 heavy (non-hydrogen) atoms. The van der Waals surface area contributed by atoms with Gasteiger partial charge in [-0.3, -0.25) is 29.6 Å². The molecule has 0 bridgehead atoms. The van der Waals surface area contributed by atoms with Crippen LogP contribution < -0.4 is 20.5 Å². The summed E-state index contributed by atoms with van der Waals surface area (Å²) in [6.07, 6.45) is 1.48. The highest BCUT2D eigenvalue weighted by Crippen LogP contribution is 2.37. The zero-order valence-corrected chi connectivity index (χ0v) is 19.2. The van der Waals surface area contributed by atoms with Gasteiger partial charge in [-0.25, -0.2) is 4.79 Å². The number of hydrogen-bond acceptors (Lipinski definition) is 10. The maximum absolute atomic E-state index is 13.3. The van der Waals surface area contributed by atoms with E-state index >= 15 is 0 Å². The van der Waals surface area contributed by atoms with Crippen LogP contribution in [0.4, 0.5) is 11.4 Å². The first-order valence-electron chi connectivity index (χ1n) is 10.1. The Morgan fingerprint density at radius 1 is 1.11 bits per heavy atom. The van der Waals surface area contributed by atoms with Crippen LogP contribution in [0.25, 0.3) is 17.5 Å². The Morgan fingerprint density at radius 3 is 2.17 bits per heavy atom. The molecule has 12 nitrogen and oxygen atoms in total. The number of thiazole rings is 1. The Bertz CT molecular complexity index is 1680. The van der Waals surface area contributed by atoms with E-state index in [9.17, 15) is 35.1 Å². The predicted molar refractivity (Wildman–Crippen MR) is 129 cm³/mol. The van der Waals surface area contributed by atoms with Crippen molar-refractivity contribution in [2.75, 3.05) is 7.11 Å². The number of aromatic nitrogens is 1. The second-order valence-corrected chi connectivity index (χ2v) is 8.53. The van der Waals surface area contributed by atoms with Gasteiger partial charge in [-0.1, -0.05) is 12.1 Å². The van der Waals surface area contributed by atoms with E-state index in [-0.39, 0.29) is 37.5 Å². The van der Waals surface area contributed by atoms with Crippen LogP contribution in [0.5, 0.6) is 0 Å². The molecule has 0 saturated carbocycles. The number of carbonyl (C=O) groups is 1. The van der Waals surface area contributed by atoms with Crippen molar-refractivity contribution in [1.29, 1.82) is 5.26 Å². The number of esters is 1. The highest BCUT2D eigenvalue weighted by atomic mass is 32.1. The third kappa shape index (κ3) is 4.01. The molecule has 0 saturated heterocycles. The van der Waals surface area contributed by atoms with Crippen LogP contribution in [0.15, 0.2) is 58.9 Å². The molecule has 0 amide bonds. The number of nitrogens with two attached hydrogens (primary N) is 1. The Kier molecular flexibility index (Phi) is 6.20. The van der Waals surface area contributed by atoms with Crippen molar-refractivity contribution < 1.29 is 19.4 Å². The summed E-state index contributed by atoms with van der Waals surface area (Å²) < 4.78 is 6.30. The van der Waals surface area contributed by atoms with Crippen LogP contribution in [0.1, 0.15) is 17.0 Å². The van der Waals surface area contributed by atoms with Gasteiger partial charge in [0.2, 0.25) is 0 Å². The van der Waals surface area contributed by atoms with E-state index in [1.54, 1.807) is 0 Å². The van der Waals surface area contributed by atoms with E-state index in [2.05, 4.69) is 0 Å². The van der Waals surface area contributed by atoms with Crippen LogP contribution in [-0.4, -0.2) is 27.5 Å². The lowest BCUT2D eigenvalue weighted by atomic mass is 9.84. The first-order chi connectivity index (χ1) is 17.2. The number of fused-ring (bicyclic) bond motifs is 1. The summed E-state index contributed by atoms with van der Waals surface area (Å²) in [5.41, 5.74) is 6.08. The molecule has 2 aromatic carbocycles. The van der Waals surface area contributed by atoms with Gasteiger partial charge in [-0.15, -0.1) is 11.3 Å². The monoisotopic (exact) mass is 505 g/mol. The third-order valence-electron chi connectivity index (χ3n) is 5.51. The number of nitro groups is 2. The van der Waals surface area contributed by atoms with Crippen molar-refractivity contribution in [3.63, 3.8) is 0 Å². The van der Waals surface area contributed by atoms with Crippen molar-refractivity contribution >= 4 is 46.2 Å². The summed E-state index contributed by atoms with van der Waals surface area (Å²) in [5.74, 6) is -2.03. The molecule has 0 fully saturated rings. The number of non-ortho nitro benzene ring substituents is 2. The second kappa shape index (κ2) is 9.28. The van der Waals surface area contributed by atoms with Gasteiger partial charge in [0, 0.05) is 24.3 Å². The molecule has 2 N–H and O–H groups in total. The minimum Gasteiger partial charge on any atom is -0.466 e. The molecule has 1 atom stereocenters. The zero-order valence-electron chi connectivity index (χ0n) is 18.4. The molecule has 1 aromatic heterocycles. The Labute approximate surface area is 205 Å². The van der Waals surface area contributed by atoms with Gasteiger partial charge in [-0.2, -0.15) is 5.26 Å². The normalized spacial score (nSPS) is 15.3. The lowest BCUT2D eigenvalue weighted by Gasteiger charge is -2.24. The molecule has 13 heteroatoms. The molecule has 3 aromatic rings. The fourth-order valence-electron chi connectivity index (χ4n) is 3.82. The van der Waals surface area contributed by atoms with Gasteiger partial charge in [0.15, 0.2) is 0 Å². The molecule has 180 valence electrons. The molecule has 4 rings (SSSR count). The first kappa shape index (κ1) is 24.0. The summed E-state index contributed by atoms with van der Waals surface area (Å²) in [6.45, 7) is 0. The highest BCUT2D eigenvalue weighted by molar-refractivity contribution is 7.07. The molecule has 1 aliphatic heterocycles. The van der Waals surface area contributed by atoms with Crippen molar-refractivity contribution in [2.24, 2.45) is 5.73 Å². The van der Waals surface area contributed by atoms with Gasteiger partial charge < -0.3 is 10.5 Å². The largest absolute Gasteiger partial charge is 0.466 e. The molecule has 2 heterocycles. The number of nitrogens with zero attached hydrogens (tertiary/aromatic N) is 4. The number of carbonyl (C=O) groups excluding carboxylic acids is 1. The molecule has 0 aliphatic carbocycles. The van der Waals surface area contributed by atoms with Crippen molar-refractivity contribution in [3.8, 4) is 6.07 Å². The quantitative estimate of drug-likeness (QED) is 0.303. The molecule has 0 unspecified atom stereocenters. The number of nitro benzene ring substituents is 2. The minimum atomic E-state index is -1.03. The lowest BCUT2D eigenvalue weighted by molar-refractivity contribution is -0.385. The highest BCUT2D eigenvalue weighted by Gasteiger charge is 2.36. The van der Waals surface area contributed by atoms with Gasteiger partial charge in [0.1, 0.15) is 10.5 Å². The number of methoxy groups -OCH3 is 1. The summed E-state index contributed by atoms with van der Waals surface area (Å²) >= 11 is 0.933. The topological polar surface area (TPSA) is 184 Å². The Balaban J connectivity index is 2.01. The van der Waals surface area contributed by atoms with Crippen LogP contribution in [0.3, 0.4) is 0 Å². The van der Waals surface area contributed by atoms with Crippen LogP contribution in [0, 0.1) is 31.6 Å². The third-order valence-corrected chi connectivity index (χ3v) is 6.62. The summed E-state index contributed by atoms with van der Waals surface area (Å²) in [4.78, 5) is 47.0. The number of ether oxygens (including phenoxy) is 1. The fraction of sp³-hybridized carbons (Fsp3) is 0.0870. The van der Waals surface area contributed by atoms with E-state index in [0.29, 0.717) is 11.1 Å². The average Bonchev–Trinajstić information content (AvgIpc) is 3.19. The molecular formula is C23H15N5O7S. The molecule has 0 radical (unpaired) electrons. The Hall–Kier alpha value is -5.09. The minimum absolute atomic E-state index is 0.0254. The number of rotatable bonds is 5. The number of nitriles is 1. The van der Waals surface area contributed by atoms with Crippen molar-refractivity contribution in [2.45, 2.75) is 5.92 Å². The van der Waals surface area contributed by atoms with Crippen molar-refractivity contribution in [3.05, 3.63) is 105 Å². The first-order valence-corrected chi connectivity index (χ1v) is 10.9. The van der Waals surface area contributed by atoms with Gasteiger partial charge in [-0.05, 0) is 29.3 Å². The maximum Gasteiger partial charge on any atom is 0.337 e. The number of hydrogen-bond donors (Lipinski definition) is 1. The molecule has 1 aliphatic rings. The van der Waals surface area contributed by atoms with Crippen molar-refractivity contribution in [1.82, 2.24) is 4.57 Å². The van der Waals surface area contributed by atoms with E-state index in [1.807, 2.05) is 6.07 Å². The van der Waals surface area contributed by atoms with E-state index < -0.39 is 27.3 Å². The summed E-state index contributed by atoms with van der Waals surface area (Å²) in [5, 5.41) is 31.9. The van der Waals surface area contributed by atoms with E-state index in [4.69, 9.17) is 10.5 Å². The standard InChI is InChI=1S/C23H15N5O7S/c1-35-23(30)19-18(13-4-8-15(9-5-13)28(33)34)16(11-24)20(25)26-21(29)17(36-22(19)26)10-12-2-6-14(7-3-12)27(31)32/h2-10,18H,25H2,1H3/b17-10-/t18-/m1/s1. The summed E-state index contributed by atoms with van der Waals surface area (Å²) in [7, 11) is 1.15. The average molecular weight is 505 g/mol. The smallest absolute Gasteiger partial charge is 0.337 e. The van der Waals surface area contributed by atoms with Crippen LogP contribution in [-0.2, 0) is 9.53 Å². The maximum atomic E-state index is 13.3. The zero-order chi connectivity index (χ0) is 26.1. The molecule has 0 spiro atoms. The van der Waals surface area contributed by atoms with E-state index in [1.165, 1.54) is 54.6 Å². The van der Waals surface area contributed by atoms with Crippen LogP contribution >= 0.6 is 11.3 Å². The SMILES string of the molecule is COC(=O)C1=c2s/c(=C\c3ccc([N+](=O)[O-])cc3)c(=O)n2C(N)=C(C#N)[C@H]1c1ccc([N+](=O)[O-])cc1. The van der Waals surface area contributed by atoms with E-state index in [0.717, 1.165) is 23.0 Å². The predicted octanol–water partition coefficient (Wildman–Crippen LogP) is 1.33. The fourth-order valence-corrected chi connectivity index (χ4v) is 4.99. The van der Waals surface area contributed by atoms with Gasteiger partial charge in [0.05, 0.1) is 44.6 Å². The Morgan fingerprint density at radius 2 is 1.67 bits per heavy atom. The summed E-state index contributed by atoms with van der Waals surface area (Å²) in [6, 6.07) is 12.7. The van der Waals surface area contributed by atoms with Gasteiger partial charge in [0.25, 0.3) is 16.9 Å². The molecular weight excluding hydrogens is 490 g/mol. The number of allylic oxidation sites excluding steroid dienone is 1. The number of benzene rings is 2. The lowest BCUT2D eigenvalue weighted by Crippen LogP contribution is -2.40. The van der Waals surface area contributed by atoms with Gasteiger partial charge >= 0.3 is 5.97 Å². The van der Waals surface area contributed by atoms with Crippen LogP contribution in [0.2, 0.25) is 0 Å². The second-order valence-electron chi connectivity index (χ2n) is 7.50.